The molecule has 0 fully saturated rings. The highest BCUT2D eigenvalue weighted by atomic mass is 16.3. The summed E-state index contributed by atoms with van der Waals surface area (Å²) in [6.07, 6.45) is 0.206. The summed E-state index contributed by atoms with van der Waals surface area (Å²) < 4.78 is 0. The molecule has 0 spiro atoms. The quantitative estimate of drug-likeness (QED) is 0.878. The summed E-state index contributed by atoms with van der Waals surface area (Å²) in [5.41, 5.74) is 0.625. The molecule has 0 saturated heterocycles. The monoisotopic (exact) mass is 271 g/mol. The minimum Gasteiger partial charge on any atom is -0.391 e. The molecular formula is C17H21NO2. The van der Waals surface area contributed by atoms with Crippen molar-refractivity contribution in [2.75, 3.05) is 6.54 Å². The molecule has 0 radical (unpaired) electrons. The average Bonchev–Trinajstić information content (AvgIpc) is 2.43. The summed E-state index contributed by atoms with van der Waals surface area (Å²) in [6.45, 7) is 4.40. The highest BCUT2D eigenvalue weighted by Gasteiger charge is 2.10. The van der Waals surface area contributed by atoms with Crippen LogP contribution < -0.4 is 5.32 Å². The van der Waals surface area contributed by atoms with Gasteiger partial charge >= 0.3 is 0 Å². The lowest BCUT2D eigenvalue weighted by molar-refractivity contribution is 0.0900. The Bertz CT molecular complexity index is 592. The lowest BCUT2D eigenvalue weighted by Gasteiger charge is -2.14. The van der Waals surface area contributed by atoms with Crippen molar-refractivity contribution in [3.63, 3.8) is 0 Å². The molecule has 0 saturated carbocycles. The molecule has 0 bridgehead atoms. The molecule has 1 unspecified atom stereocenters. The van der Waals surface area contributed by atoms with E-state index in [9.17, 15) is 9.90 Å². The Kier molecular flexibility index (Phi) is 4.74. The molecule has 3 heteroatoms. The van der Waals surface area contributed by atoms with Gasteiger partial charge in [0.2, 0.25) is 0 Å². The van der Waals surface area contributed by atoms with E-state index in [2.05, 4.69) is 5.32 Å². The van der Waals surface area contributed by atoms with Crippen LogP contribution in [0.5, 0.6) is 0 Å². The molecule has 20 heavy (non-hydrogen) atoms. The van der Waals surface area contributed by atoms with Crippen LogP contribution in [0, 0.1) is 5.92 Å². The fourth-order valence-corrected chi connectivity index (χ4v) is 2.27. The Hall–Kier alpha value is -1.87. The van der Waals surface area contributed by atoms with Crippen LogP contribution in [-0.2, 0) is 0 Å². The molecule has 0 aliphatic heterocycles. The summed E-state index contributed by atoms with van der Waals surface area (Å²) in [5.74, 6) is 0.279. The number of hydrogen-bond donors (Lipinski definition) is 2. The van der Waals surface area contributed by atoms with Crippen LogP contribution >= 0.6 is 0 Å². The van der Waals surface area contributed by atoms with Crippen LogP contribution in [0.4, 0.5) is 0 Å². The van der Waals surface area contributed by atoms with Crippen molar-refractivity contribution in [2.24, 2.45) is 5.92 Å². The van der Waals surface area contributed by atoms with E-state index in [1.807, 2.05) is 56.3 Å². The molecule has 3 nitrogen and oxygen atoms in total. The second-order valence-electron chi connectivity index (χ2n) is 5.56. The first-order chi connectivity index (χ1) is 9.56. The lowest BCUT2D eigenvalue weighted by atomic mass is 10.1. The van der Waals surface area contributed by atoms with Crippen LogP contribution in [0.15, 0.2) is 42.5 Å². The molecule has 0 aliphatic rings. The maximum Gasteiger partial charge on any atom is 0.251 e. The smallest absolute Gasteiger partial charge is 0.251 e. The Morgan fingerprint density at radius 3 is 2.55 bits per heavy atom. The molecule has 1 atom stereocenters. The van der Waals surface area contributed by atoms with Gasteiger partial charge in [0.25, 0.3) is 5.91 Å². The van der Waals surface area contributed by atoms with E-state index in [1.165, 1.54) is 0 Å². The normalized spacial score (nSPS) is 12.6. The number of carbonyl (C=O) groups excluding carboxylic acids is 1. The lowest BCUT2D eigenvalue weighted by Crippen LogP contribution is -2.32. The van der Waals surface area contributed by atoms with Gasteiger partial charge in [-0.15, -0.1) is 0 Å². The molecule has 2 aromatic carbocycles. The van der Waals surface area contributed by atoms with Crippen LogP contribution in [0.2, 0.25) is 0 Å². The summed E-state index contributed by atoms with van der Waals surface area (Å²) in [4.78, 5) is 12.1. The SMILES string of the molecule is CC(C)CC(O)CNC(=O)c1ccc2ccccc2c1. The summed E-state index contributed by atoms with van der Waals surface area (Å²) >= 11 is 0. The van der Waals surface area contributed by atoms with Crippen molar-refractivity contribution >= 4 is 16.7 Å². The van der Waals surface area contributed by atoms with Gasteiger partial charge in [-0.2, -0.15) is 0 Å². The Morgan fingerprint density at radius 2 is 1.85 bits per heavy atom. The van der Waals surface area contributed by atoms with Crippen LogP contribution in [-0.4, -0.2) is 23.7 Å². The molecule has 2 rings (SSSR count). The molecule has 106 valence electrons. The standard InChI is InChI=1S/C17H21NO2/c1-12(2)9-16(19)11-18-17(20)15-8-7-13-5-3-4-6-14(13)10-15/h3-8,10,12,16,19H,9,11H2,1-2H3,(H,18,20). The Labute approximate surface area is 119 Å². The summed E-state index contributed by atoms with van der Waals surface area (Å²) in [7, 11) is 0. The maximum absolute atomic E-state index is 12.1. The molecule has 0 heterocycles. The third-order valence-electron chi connectivity index (χ3n) is 3.25. The molecule has 0 aromatic heterocycles. The number of aliphatic hydroxyl groups excluding tert-OH is 1. The van der Waals surface area contributed by atoms with Crippen LogP contribution in [0.3, 0.4) is 0 Å². The van der Waals surface area contributed by atoms with Gasteiger partial charge < -0.3 is 10.4 Å². The Balaban J connectivity index is 2.00. The van der Waals surface area contributed by atoms with Crippen molar-refractivity contribution in [3.8, 4) is 0 Å². The largest absolute Gasteiger partial charge is 0.391 e. The fraction of sp³-hybridized carbons (Fsp3) is 0.353. The minimum absolute atomic E-state index is 0.140. The number of benzene rings is 2. The van der Waals surface area contributed by atoms with Gasteiger partial charge in [-0.05, 0) is 35.2 Å². The predicted molar refractivity (Wildman–Crippen MR) is 81.7 cm³/mol. The van der Waals surface area contributed by atoms with E-state index in [0.29, 0.717) is 24.4 Å². The number of rotatable bonds is 5. The number of nitrogens with one attached hydrogen (secondary N) is 1. The number of amides is 1. The maximum atomic E-state index is 12.1. The van der Waals surface area contributed by atoms with Gasteiger partial charge in [0, 0.05) is 12.1 Å². The van der Waals surface area contributed by atoms with Crippen molar-refractivity contribution in [1.82, 2.24) is 5.32 Å². The second-order valence-corrected chi connectivity index (χ2v) is 5.56. The first-order valence-corrected chi connectivity index (χ1v) is 7.01. The highest BCUT2D eigenvalue weighted by Crippen LogP contribution is 2.15. The predicted octanol–water partition coefficient (Wildman–Crippen LogP) is 2.98. The van der Waals surface area contributed by atoms with Crippen molar-refractivity contribution in [3.05, 3.63) is 48.0 Å². The summed E-state index contributed by atoms with van der Waals surface area (Å²) in [6, 6.07) is 13.6. The zero-order valence-corrected chi connectivity index (χ0v) is 12.0. The average molecular weight is 271 g/mol. The minimum atomic E-state index is -0.487. The number of fused-ring (bicyclic) bond motifs is 1. The van der Waals surface area contributed by atoms with Gasteiger partial charge in [0.05, 0.1) is 6.10 Å². The van der Waals surface area contributed by atoms with Gasteiger partial charge in [0.15, 0.2) is 0 Å². The van der Waals surface area contributed by atoms with E-state index in [1.54, 1.807) is 0 Å². The topological polar surface area (TPSA) is 49.3 Å². The molecular weight excluding hydrogens is 250 g/mol. The van der Waals surface area contributed by atoms with Gasteiger partial charge in [0.1, 0.15) is 0 Å². The van der Waals surface area contributed by atoms with E-state index < -0.39 is 6.10 Å². The van der Waals surface area contributed by atoms with Gasteiger partial charge in [-0.3, -0.25) is 4.79 Å². The zero-order chi connectivity index (χ0) is 14.5. The molecule has 2 N–H and O–H groups in total. The number of hydrogen-bond acceptors (Lipinski definition) is 2. The third-order valence-corrected chi connectivity index (χ3v) is 3.25. The van der Waals surface area contributed by atoms with E-state index in [0.717, 1.165) is 10.8 Å². The van der Waals surface area contributed by atoms with E-state index in [-0.39, 0.29) is 5.91 Å². The highest BCUT2D eigenvalue weighted by molar-refractivity contribution is 5.98. The first kappa shape index (κ1) is 14.5. The number of carbonyl (C=O) groups is 1. The Morgan fingerprint density at radius 1 is 1.15 bits per heavy atom. The summed E-state index contributed by atoms with van der Waals surface area (Å²) in [5, 5.41) is 14.7. The first-order valence-electron chi connectivity index (χ1n) is 7.01. The number of aliphatic hydroxyl groups is 1. The molecule has 1 amide bonds. The van der Waals surface area contributed by atoms with E-state index >= 15 is 0 Å². The van der Waals surface area contributed by atoms with E-state index in [4.69, 9.17) is 0 Å². The zero-order valence-electron chi connectivity index (χ0n) is 12.0. The fourth-order valence-electron chi connectivity index (χ4n) is 2.27. The van der Waals surface area contributed by atoms with Gasteiger partial charge in [-0.1, -0.05) is 44.2 Å². The van der Waals surface area contributed by atoms with Crippen LogP contribution in [0.1, 0.15) is 30.6 Å². The molecule has 0 aliphatic carbocycles. The van der Waals surface area contributed by atoms with Crippen molar-refractivity contribution in [2.45, 2.75) is 26.4 Å². The molecule has 2 aromatic rings. The second kappa shape index (κ2) is 6.53. The third kappa shape index (κ3) is 3.81. The van der Waals surface area contributed by atoms with Crippen molar-refractivity contribution in [1.29, 1.82) is 0 Å². The van der Waals surface area contributed by atoms with Crippen molar-refractivity contribution < 1.29 is 9.90 Å². The van der Waals surface area contributed by atoms with Gasteiger partial charge in [-0.25, -0.2) is 0 Å². The van der Waals surface area contributed by atoms with Crippen LogP contribution in [0.25, 0.3) is 10.8 Å².